The van der Waals surface area contributed by atoms with Gasteiger partial charge in [0.1, 0.15) is 11.1 Å². The second-order valence-corrected chi connectivity index (χ2v) is 5.09. The maximum Gasteiger partial charge on any atom is 0.535 e. The van der Waals surface area contributed by atoms with Gasteiger partial charge < -0.3 is 16.2 Å². The number of nitrogen functional groups attached to an aromatic ring is 2. The van der Waals surface area contributed by atoms with Gasteiger partial charge >= 0.3 is 6.16 Å². The SMILES string of the molecule is CC(C)(C)OC(=O)On1nc(N)c2cc(N)ccc21. The van der Waals surface area contributed by atoms with Crippen LogP contribution in [-0.4, -0.2) is 21.7 Å². The van der Waals surface area contributed by atoms with Gasteiger partial charge in [-0.2, -0.15) is 0 Å². The Kier molecular flexibility index (Phi) is 2.97. The zero-order valence-electron chi connectivity index (χ0n) is 11.0. The molecule has 0 saturated carbocycles. The zero-order valence-corrected chi connectivity index (χ0v) is 11.0. The topological polar surface area (TPSA) is 105 Å². The predicted octanol–water partition coefficient (Wildman–Crippen LogP) is 1.56. The van der Waals surface area contributed by atoms with Gasteiger partial charge in [-0.3, -0.25) is 4.84 Å². The van der Waals surface area contributed by atoms with Crippen LogP contribution in [0.3, 0.4) is 0 Å². The first kappa shape index (κ1) is 13.0. The van der Waals surface area contributed by atoms with E-state index >= 15 is 0 Å². The van der Waals surface area contributed by atoms with E-state index in [-0.39, 0.29) is 5.82 Å². The molecule has 0 bridgehead atoms. The molecule has 2 aromatic rings. The number of nitrogens with zero attached hydrogens (tertiary/aromatic N) is 2. The highest BCUT2D eigenvalue weighted by Gasteiger charge is 2.20. The van der Waals surface area contributed by atoms with Gasteiger partial charge in [0.05, 0.1) is 0 Å². The van der Waals surface area contributed by atoms with Gasteiger partial charge in [0.25, 0.3) is 0 Å². The first-order chi connectivity index (χ1) is 8.76. The lowest BCUT2D eigenvalue weighted by atomic mass is 10.2. The van der Waals surface area contributed by atoms with E-state index in [0.29, 0.717) is 16.6 Å². The lowest BCUT2D eigenvalue weighted by Gasteiger charge is -2.18. The number of fused-ring (bicyclic) bond motifs is 1. The largest absolute Gasteiger partial charge is 0.535 e. The quantitative estimate of drug-likeness (QED) is 0.598. The third kappa shape index (κ3) is 2.87. The van der Waals surface area contributed by atoms with Gasteiger partial charge in [-0.1, -0.05) is 4.85 Å². The summed E-state index contributed by atoms with van der Waals surface area (Å²) in [5, 5.41) is 4.53. The molecule has 0 spiro atoms. The van der Waals surface area contributed by atoms with E-state index in [1.165, 1.54) is 0 Å². The number of hydrogen-bond acceptors (Lipinski definition) is 6. The summed E-state index contributed by atoms with van der Waals surface area (Å²) in [6.45, 7) is 5.22. The van der Waals surface area contributed by atoms with Gasteiger partial charge in [-0.25, -0.2) is 4.79 Å². The summed E-state index contributed by atoms with van der Waals surface area (Å²) in [7, 11) is 0. The van der Waals surface area contributed by atoms with E-state index in [1.54, 1.807) is 39.0 Å². The van der Waals surface area contributed by atoms with Crippen molar-refractivity contribution in [3.63, 3.8) is 0 Å². The van der Waals surface area contributed by atoms with Crippen LogP contribution in [0.25, 0.3) is 10.9 Å². The van der Waals surface area contributed by atoms with Gasteiger partial charge in [-0.15, -0.1) is 5.10 Å². The Labute approximate surface area is 110 Å². The number of benzene rings is 1. The molecule has 0 aliphatic heterocycles. The van der Waals surface area contributed by atoms with E-state index in [4.69, 9.17) is 21.0 Å². The molecular formula is C12H16N4O3. The third-order valence-electron chi connectivity index (χ3n) is 2.25. The Morgan fingerprint density at radius 1 is 1.32 bits per heavy atom. The normalized spacial score (nSPS) is 11.5. The molecule has 0 fully saturated rings. The Hall–Kier alpha value is -2.44. The fraction of sp³-hybridized carbons (Fsp3) is 0.333. The zero-order chi connectivity index (χ0) is 14.2. The van der Waals surface area contributed by atoms with Crippen molar-refractivity contribution in [1.29, 1.82) is 0 Å². The molecule has 0 aliphatic rings. The van der Waals surface area contributed by atoms with Crippen LogP contribution >= 0.6 is 0 Å². The molecular weight excluding hydrogens is 248 g/mol. The molecule has 4 N–H and O–H groups in total. The summed E-state index contributed by atoms with van der Waals surface area (Å²) in [6.07, 6.45) is -0.853. The number of rotatable bonds is 1. The molecule has 0 amide bonds. The number of ether oxygens (including phenoxy) is 1. The average molecular weight is 264 g/mol. The molecule has 19 heavy (non-hydrogen) atoms. The van der Waals surface area contributed by atoms with E-state index in [2.05, 4.69) is 5.10 Å². The Morgan fingerprint density at radius 2 is 2.00 bits per heavy atom. The third-order valence-corrected chi connectivity index (χ3v) is 2.25. The van der Waals surface area contributed by atoms with Crippen molar-refractivity contribution in [1.82, 2.24) is 9.94 Å². The number of hydrogen-bond donors (Lipinski definition) is 2. The van der Waals surface area contributed by atoms with Crippen LogP contribution in [0.1, 0.15) is 20.8 Å². The molecule has 0 aliphatic carbocycles. The first-order valence-corrected chi connectivity index (χ1v) is 5.71. The van der Waals surface area contributed by atoms with Crippen molar-refractivity contribution in [2.75, 3.05) is 11.5 Å². The molecule has 0 unspecified atom stereocenters. The van der Waals surface area contributed by atoms with Crippen LogP contribution in [-0.2, 0) is 4.74 Å². The smallest absolute Gasteiger partial charge is 0.427 e. The Bertz CT molecular complexity index is 628. The Morgan fingerprint density at radius 3 is 2.63 bits per heavy atom. The molecule has 0 atom stereocenters. The van der Waals surface area contributed by atoms with E-state index < -0.39 is 11.8 Å². The molecule has 1 aromatic heterocycles. The molecule has 2 rings (SSSR count). The van der Waals surface area contributed by atoms with Gasteiger partial charge in [0.15, 0.2) is 5.82 Å². The summed E-state index contributed by atoms with van der Waals surface area (Å²) in [5.74, 6) is 0.228. The number of anilines is 2. The highest BCUT2D eigenvalue weighted by Crippen LogP contribution is 2.22. The van der Waals surface area contributed by atoms with Gasteiger partial charge in [0, 0.05) is 11.1 Å². The number of nitrogens with two attached hydrogens (primary N) is 2. The number of aromatic nitrogens is 2. The standard InChI is InChI=1S/C12H16N4O3/c1-12(2,3)18-11(17)19-16-9-5-4-7(13)6-8(9)10(14)15-16/h4-6H,13H2,1-3H3,(H2,14,15). The van der Waals surface area contributed by atoms with Crippen molar-refractivity contribution in [3.8, 4) is 0 Å². The fourth-order valence-corrected chi connectivity index (χ4v) is 1.54. The average Bonchev–Trinajstić information content (AvgIpc) is 2.52. The minimum absolute atomic E-state index is 0.228. The molecule has 0 radical (unpaired) electrons. The van der Waals surface area contributed by atoms with Crippen LogP contribution in [0.2, 0.25) is 0 Å². The fourth-order valence-electron chi connectivity index (χ4n) is 1.54. The van der Waals surface area contributed by atoms with Crippen molar-refractivity contribution < 1.29 is 14.4 Å². The highest BCUT2D eigenvalue weighted by molar-refractivity contribution is 5.91. The van der Waals surface area contributed by atoms with Gasteiger partial charge in [0.2, 0.25) is 0 Å². The maximum absolute atomic E-state index is 11.6. The lowest BCUT2D eigenvalue weighted by Crippen LogP contribution is -2.30. The molecule has 7 heteroatoms. The monoisotopic (exact) mass is 264 g/mol. The van der Waals surface area contributed by atoms with Crippen molar-refractivity contribution in [2.45, 2.75) is 26.4 Å². The summed E-state index contributed by atoms with van der Waals surface area (Å²) in [5.41, 5.74) is 11.8. The summed E-state index contributed by atoms with van der Waals surface area (Å²) in [6, 6.07) is 4.99. The molecule has 1 aromatic carbocycles. The van der Waals surface area contributed by atoms with Crippen molar-refractivity contribution in [2.24, 2.45) is 0 Å². The molecule has 1 heterocycles. The molecule has 7 nitrogen and oxygen atoms in total. The Balaban J connectivity index is 2.29. The van der Waals surface area contributed by atoms with Crippen LogP contribution in [0.4, 0.5) is 16.3 Å². The maximum atomic E-state index is 11.6. The minimum Gasteiger partial charge on any atom is -0.427 e. The second kappa shape index (κ2) is 4.34. The summed E-state index contributed by atoms with van der Waals surface area (Å²) in [4.78, 5) is 17.6. The first-order valence-electron chi connectivity index (χ1n) is 5.71. The molecule has 0 saturated heterocycles. The van der Waals surface area contributed by atoms with E-state index in [0.717, 1.165) is 4.85 Å². The minimum atomic E-state index is -0.853. The molecule has 102 valence electrons. The van der Waals surface area contributed by atoms with E-state index in [1.807, 2.05) is 0 Å². The number of carbonyl (C=O) groups excluding carboxylic acids is 1. The van der Waals surface area contributed by atoms with Crippen LogP contribution in [0.5, 0.6) is 0 Å². The second-order valence-electron chi connectivity index (χ2n) is 5.09. The number of carbonyl (C=O) groups is 1. The van der Waals surface area contributed by atoms with Crippen molar-refractivity contribution >= 4 is 28.6 Å². The van der Waals surface area contributed by atoms with Crippen LogP contribution in [0.15, 0.2) is 18.2 Å². The predicted molar refractivity (Wildman–Crippen MR) is 71.4 cm³/mol. The van der Waals surface area contributed by atoms with Gasteiger partial charge in [-0.05, 0) is 39.0 Å². The summed E-state index contributed by atoms with van der Waals surface area (Å²) >= 11 is 0. The van der Waals surface area contributed by atoms with E-state index in [9.17, 15) is 4.79 Å². The van der Waals surface area contributed by atoms with Crippen LogP contribution in [0, 0.1) is 0 Å². The van der Waals surface area contributed by atoms with Crippen LogP contribution < -0.4 is 16.3 Å². The lowest BCUT2D eigenvalue weighted by molar-refractivity contribution is -0.0146. The highest BCUT2D eigenvalue weighted by atomic mass is 16.8. The summed E-state index contributed by atoms with van der Waals surface area (Å²) < 4.78 is 5.04. The van der Waals surface area contributed by atoms with Crippen molar-refractivity contribution in [3.05, 3.63) is 18.2 Å².